The van der Waals surface area contributed by atoms with Crippen molar-refractivity contribution in [3.05, 3.63) is 23.8 Å². The Balaban J connectivity index is 0.00000341. The van der Waals surface area contributed by atoms with Crippen molar-refractivity contribution in [3.63, 3.8) is 0 Å². The minimum Gasteiger partial charge on any atom is -0.490 e. The van der Waals surface area contributed by atoms with Gasteiger partial charge in [0.1, 0.15) is 0 Å². The minimum atomic E-state index is -2.89. The van der Waals surface area contributed by atoms with Gasteiger partial charge in [0, 0.05) is 38.8 Å². The first-order valence-corrected chi connectivity index (χ1v) is 10.7. The molecule has 0 radical (unpaired) electrons. The van der Waals surface area contributed by atoms with Crippen LogP contribution in [0.1, 0.15) is 25.8 Å². The van der Waals surface area contributed by atoms with Crippen molar-refractivity contribution in [2.75, 3.05) is 52.5 Å². The number of hydrogen-bond acceptors (Lipinski definition) is 5. The second-order valence-electron chi connectivity index (χ2n) is 7.30. The predicted octanol–water partition coefficient (Wildman–Crippen LogP) is 3.18. The van der Waals surface area contributed by atoms with Crippen LogP contribution in [0.2, 0.25) is 0 Å². The third-order valence-electron chi connectivity index (χ3n) is 5.30. The van der Waals surface area contributed by atoms with E-state index in [1.165, 1.54) is 6.07 Å². The van der Waals surface area contributed by atoms with E-state index in [9.17, 15) is 8.78 Å². The topological polar surface area (TPSA) is 58.6 Å². The lowest BCUT2D eigenvalue weighted by atomic mass is 10.2. The molecule has 1 aromatic carbocycles. The zero-order valence-corrected chi connectivity index (χ0v) is 20.5. The highest BCUT2D eigenvalue weighted by Gasteiger charge is 2.30. The van der Waals surface area contributed by atoms with E-state index >= 15 is 0 Å². The van der Waals surface area contributed by atoms with E-state index in [0.717, 1.165) is 63.9 Å². The summed E-state index contributed by atoms with van der Waals surface area (Å²) in [7, 11) is 0. The fourth-order valence-corrected chi connectivity index (χ4v) is 3.88. The Kier molecular flexibility index (Phi) is 11.0. The molecule has 7 nitrogen and oxygen atoms in total. The zero-order chi connectivity index (χ0) is 21.3. The van der Waals surface area contributed by atoms with Crippen molar-refractivity contribution in [2.24, 2.45) is 4.99 Å². The fraction of sp³-hybridized carbons (Fsp3) is 0.667. The largest absolute Gasteiger partial charge is 0.490 e. The molecular formula is C21H33F2IN4O3. The van der Waals surface area contributed by atoms with Gasteiger partial charge in [0.2, 0.25) is 0 Å². The molecule has 2 aliphatic rings. The van der Waals surface area contributed by atoms with E-state index in [2.05, 4.69) is 26.8 Å². The molecule has 0 amide bonds. The maximum atomic E-state index is 12.6. The SMILES string of the molecule is CCNC(=NCc1ccc(OC(F)F)c(OCC)c1)N1CCC(N2CCOCC2)C1.I. The highest BCUT2D eigenvalue weighted by atomic mass is 127. The minimum absolute atomic E-state index is 0. The molecule has 0 spiro atoms. The van der Waals surface area contributed by atoms with E-state index in [0.29, 0.717) is 24.9 Å². The molecule has 1 atom stereocenters. The molecular weight excluding hydrogens is 521 g/mol. The Hall–Kier alpha value is -1.40. The maximum Gasteiger partial charge on any atom is 0.387 e. The smallest absolute Gasteiger partial charge is 0.387 e. The number of aliphatic imine (C=N–C) groups is 1. The molecule has 2 saturated heterocycles. The van der Waals surface area contributed by atoms with Crippen LogP contribution in [0, 0.1) is 0 Å². The monoisotopic (exact) mass is 554 g/mol. The van der Waals surface area contributed by atoms with Crippen molar-refractivity contribution in [1.82, 2.24) is 15.1 Å². The number of likely N-dealkylation sites (tertiary alicyclic amines) is 1. The van der Waals surface area contributed by atoms with Gasteiger partial charge in [0.15, 0.2) is 17.5 Å². The van der Waals surface area contributed by atoms with E-state index < -0.39 is 6.61 Å². The summed E-state index contributed by atoms with van der Waals surface area (Å²) in [6.07, 6.45) is 1.11. The van der Waals surface area contributed by atoms with Gasteiger partial charge in [-0.15, -0.1) is 24.0 Å². The first-order valence-electron chi connectivity index (χ1n) is 10.7. The third kappa shape index (κ3) is 7.60. The van der Waals surface area contributed by atoms with Gasteiger partial charge in [-0.2, -0.15) is 8.78 Å². The predicted molar refractivity (Wildman–Crippen MR) is 127 cm³/mol. The summed E-state index contributed by atoms with van der Waals surface area (Å²) in [5.74, 6) is 1.22. The highest BCUT2D eigenvalue weighted by Crippen LogP contribution is 2.30. The maximum absolute atomic E-state index is 12.6. The Bertz CT molecular complexity index is 705. The molecule has 31 heavy (non-hydrogen) atoms. The number of morpholine rings is 1. The Morgan fingerprint density at radius 1 is 1.23 bits per heavy atom. The van der Waals surface area contributed by atoms with Crippen LogP contribution >= 0.6 is 24.0 Å². The second kappa shape index (κ2) is 13.2. The van der Waals surface area contributed by atoms with Gasteiger partial charge >= 0.3 is 6.61 Å². The summed E-state index contributed by atoms with van der Waals surface area (Å²) in [5, 5.41) is 3.37. The standard InChI is InChI=1S/C21H32F2N4O3.HI/c1-3-24-21(27-8-7-17(15-27)26-9-11-28-12-10-26)25-14-16-5-6-18(30-20(22)23)19(13-16)29-4-2;/h5-6,13,17,20H,3-4,7-12,14-15H2,1-2H3,(H,24,25);1H. The van der Waals surface area contributed by atoms with E-state index in [1.54, 1.807) is 19.1 Å². The van der Waals surface area contributed by atoms with Crippen molar-refractivity contribution in [3.8, 4) is 11.5 Å². The number of halogens is 3. The number of hydrogen-bond donors (Lipinski definition) is 1. The summed E-state index contributed by atoms with van der Waals surface area (Å²) < 4.78 is 40.7. The molecule has 0 bridgehead atoms. The lowest BCUT2D eigenvalue weighted by Gasteiger charge is -2.32. The number of ether oxygens (including phenoxy) is 3. The van der Waals surface area contributed by atoms with Gasteiger partial charge in [-0.1, -0.05) is 6.07 Å². The first kappa shape index (κ1) is 25.9. The summed E-state index contributed by atoms with van der Waals surface area (Å²) in [4.78, 5) is 9.58. The van der Waals surface area contributed by atoms with Gasteiger partial charge in [0.25, 0.3) is 0 Å². The molecule has 1 aromatic rings. The molecule has 2 fully saturated rings. The summed E-state index contributed by atoms with van der Waals surface area (Å²) in [6, 6.07) is 5.50. The molecule has 0 saturated carbocycles. The number of nitrogens with one attached hydrogen (secondary N) is 1. The van der Waals surface area contributed by atoms with Gasteiger partial charge in [0.05, 0.1) is 26.4 Å². The number of alkyl halides is 2. The van der Waals surface area contributed by atoms with Crippen LogP contribution in [0.4, 0.5) is 8.78 Å². The van der Waals surface area contributed by atoms with Crippen LogP contribution in [0.25, 0.3) is 0 Å². The van der Waals surface area contributed by atoms with Crippen molar-refractivity contribution in [1.29, 1.82) is 0 Å². The van der Waals surface area contributed by atoms with Crippen LogP contribution in [0.5, 0.6) is 11.5 Å². The van der Waals surface area contributed by atoms with Crippen molar-refractivity contribution < 1.29 is 23.0 Å². The van der Waals surface area contributed by atoms with Crippen molar-refractivity contribution >= 4 is 29.9 Å². The molecule has 10 heteroatoms. The molecule has 2 aliphatic heterocycles. The Morgan fingerprint density at radius 3 is 2.68 bits per heavy atom. The molecule has 1 unspecified atom stereocenters. The van der Waals surface area contributed by atoms with Gasteiger partial charge in [-0.3, -0.25) is 4.90 Å². The third-order valence-corrected chi connectivity index (χ3v) is 5.30. The van der Waals surface area contributed by atoms with Crippen LogP contribution in [-0.4, -0.2) is 81.0 Å². The molecule has 0 aliphatic carbocycles. The summed E-state index contributed by atoms with van der Waals surface area (Å²) in [6.45, 7) is 8.02. The second-order valence-corrected chi connectivity index (χ2v) is 7.30. The van der Waals surface area contributed by atoms with Gasteiger partial charge in [-0.05, 0) is 38.0 Å². The van der Waals surface area contributed by atoms with Crippen LogP contribution in [0.15, 0.2) is 23.2 Å². The number of guanidine groups is 1. The molecule has 3 rings (SSSR count). The zero-order valence-electron chi connectivity index (χ0n) is 18.2. The van der Waals surface area contributed by atoms with Gasteiger partial charge in [-0.25, -0.2) is 4.99 Å². The summed E-state index contributed by atoms with van der Waals surface area (Å²) in [5.41, 5.74) is 0.874. The van der Waals surface area contributed by atoms with Crippen LogP contribution in [0.3, 0.4) is 0 Å². The van der Waals surface area contributed by atoms with E-state index in [-0.39, 0.29) is 29.7 Å². The molecule has 0 aromatic heterocycles. The molecule has 176 valence electrons. The van der Waals surface area contributed by atoms with Crippen molar-refractivity contribution in [2.45, 2.75) is 39.5 Å². The lowest BCUT2D eigenvalue weighted by Crippen LogP contribution is -2.46. The van der Waals surface area contributed by atoms with Crippen LogP contribution < -0.4 is 14.8 Å². The van der Waals surface area contributed by atoms with Crippen LogP contribution in [-0.2, 0) is 11.3 Å². The van der Waals surface area contributed by atoms with E-state index in [1.807, 2.05) is 0 Å². The lowest BCUT2D eigenvalue weighted by molar-refractivity contribution is -0.0514. The Labute approximate surface area is 200 Å². The van der Waals surface area contributed by atoms with E-state index in [4.69, 9.17) is 14.5 Å². The number of nitrogens with zero attached hydrogens (tertiary/aromatic N) is 3. The molecule has 2 heterocycles. The Morgan fingerprint density at radius 2 is 2.00 bits per heavy atom. The normalized spacial score (nSPS) is 20.0. The molecule has 1 N–H and O–H groups in total. The fourth-order valence-electron chi connectivity index (χ4n) is 3.88. The highest BCUT2D eigenvalue weighted by molar-refractivity contribution is 14.0. The summed E-state index contributed by atoms with van der Waals surface area (Å²) >= 11 is 0. The average Bonchev–Trinajstić information content (AvgIpc) is 3.23. The quantitative estimate of drug-likeness (QED) is 0.303. The average molecular weight is 554 g/mol. The number of rotatable bonds is 8. The number of benzene rings is 1. The van der Waals surface area contributed by atoms with Gasteiger partial charge < -0.3 is 24.4 Å². The first-order chi connectivity index (χ1) is 14.6.